The summed E-state index contributed by atoms with van der Waals surface area (Å²) in [5, 5.41) is 13.2. The second kappa shape index (κ2) is 5.42. The van der Waals surface area contributed by atoms with Gasteiger partial charge in [0.25, 0.3) is 0 Å². The molecule has 0 bridgehead atoms. The molecule has 2 rings (SSSR count). The van der Waals surface area contributed by atoms with Crippen LogP contribution in [0.3, 0.4) is 0 Å². The second-order valence-corrected chi connectivity index (χ2v) is 5.28. The van der Waals surface area contributed by atoms with E-state index in [1.54, 1.807) is 35.0 Å². The highest BCUT2D eigenvalue weighted by Gasteiger charge is 2.33. The number of carbonyl (C=O) groups is 2. The largest absolute Gasteiger partial charge is 0.481 e. The first-order valence-electron chi connectivity index (χ1n) is 6.49. The summed E-state index contributed by atoms with van der Waals surface area (Å²) >= 11 is 0. The number of likely N-dealkylation sites (tertiary alicyclic amines) is 1. The summed E-state index contributed by atoms with van der Waals surface area (Å²) in [4.78, 5) is 25.1. The van der Waals surface area contributed by atoms with Crippen LogP contribution in [0.5, 0.6) is 0 Å². The minimum atomic E-state index is -0.823. The van der Waals surface area contributed by atoms with E-state index >= 15 is 0 Å². The first-order valence-corrected chi connectivity index (χ1v) is 6.49. The fraction of sp³-hybridized carbons (Fsp3) is 0.615. The molecule has 2 heterocycles. The molecule has 1 saturated heterocycles. The van der Waals surface area contributed by atoms with Crippen molar-refractivity contribution < 1.29 is 14.7 Å². The van der Waals surface area contributed by atoms with Crippen LogP contribution < -0.4 is 0 Å². The van der Waals surface area contributed by atoms with E-state index in [9.17, 15) is 9.59 Å². The van der Waals surface area contributed by atoms with Crippen LogP contribution in [0.15, 0.2) is 18.5 Å². The van der Waals surface area contributed by atoms with Crippen LogP contribution in [0.4, 0.5) is 0 Å². The molecule has 3 atom stereocenters. The van der Waals surface area contributed by atoms with Crippen molar-refractivity contribution in [3.63, 3.8) is 0 Å². The van der Waals surface area contributed by atoms with Gasteiger partial charge in [0.1, 0.15) is 6.04 Å². The number of aliphatic carboxylic acids is 1. The normalized spacial score (nSPS) is 25.1. The van der Waals surface area contributed by atoms with Gasteiger partial charge >= 0.3 is 5.97 Å². The molecular formula is C13H19N3O3. The Balaban J connectivity index is 2.08. The molecular weight excluding hydrogens is 246 g/mol. The van der Waals surface area contributed by atoms with Crippen molar-refractivity contribution in [2.45, 2.75) is 26.3 Å². The minimum absolute atomic E-state index is 0.0681. The zero-order chi connectivity index (χ0) is 14.0. The molecule has 1 aliphatic rings. The average Bonchev–Trinajstić information content (AvgIpc) is 2.90. The van der Waals surface area contributed by atoms with Gasteiger partial charge in [0.15, 0.2) is 0 Å². The van der Waals surface area contributed by atoms with Crippen molar-refractivity contribution in [3.05, 3.63) is 18.5 Å². The highest BCUT2D eigenvalue weighted by Crippen LogP contribution is 2.23. The Morgan fingerprint density at radius 3 is 2.74 bits per heavy atom. The van der Waals surface area contributed by atoms with Crippen LogP contribution in [0.2, 0.25) is 0 Å². The van der Waals surface area contributed by atoms with E-state index in [4.69, 9.17) is 5.11 Å². The van der Waals surface area contributed by atoms with E-state index in [-0.39, 0.29) is 11.8 Å². The predicted molar refractivity (Wildman–Crippen MR) is 68.4 cm³/mol. The smallest absolute Gasteiger partial charge is 0.308 e. The number of aromatic nitrogens is 2. The lowest BCUT2D eigenvalue weighted by Crippen LogP contribution is -2.47. The molecule has 0 aromatic carbocycles. The molecule has 0 aliphatic carbocycles. The number of hydrogen-bond acceptors (Lipinski definition) is 3. The Morgan fingerprint density at radius 2 is 2.16 bits per heavy atom. The van der Waals surface area contributed by atoms with E-state index < -0.39 is 17.9 Å². The van der Waals surface area contributed by atoms with Gasteiger partial charge in [0, 0.05) is 25.5 Å². The maximum Gasteiger partial charge on any atom is 0.308 e. The predicted octanol–water partition coefficient (Wildman–Crippen LogP) is 1.01. The highest BCUT2D eigenvalue weighted by molar-refractivity contribution is 5.81. The van der Waals surface area contributed by atoms with Gasteiger partial charge < -0.3 is 10.0 Å². The lowest BCUT2D eigenvalue weighted by molar-refractivity contribution is -0.147. The standard InChI is InChI=1S/C13H19N3O3/c1-9-6-11(13(18)19)8-15(7-9)12(17)10(2)16-5-3-4-14-16/h3-5,9-11H,6-8H2,1-2H3,(H,18,19). The van der Waals surface area contributed by atoms with Crippen LogP contribution >= 0.6 is 0 Å². The van der Waals surface area contributed by atoms with Crippen LogP contribution in [-0.4, -0.2) is 44.8 Å². The number of rotatable bonds is 3. The molecule has 1 aromatic heterocycles. The molecule has 19 heavy (non-hydrogen) atoms. The fourth-order valence-corrected chi connectivity index (χ4v) is 2.60. The minimum Gasteiger partial charge on any atom is -0.481 e. The number of amides is 1. The maximum atomic E-state index is 12.4. The summed E-state index contributed by atoms with van der Waals surface area (Å²) < 4.78 is 1.59. The average molecular weight is 265 g/mol. The molecule has 6 nitrogen and oxygen atoms in total. The van der Waals surface area contributed by atoms with Crippen molar-refractivity contribution in [3.8, 4) is 0 Å². The molecule has 1 N–H and O–H groups in total. The number of piperidine rings is 1. The van der Waals surface area contributed by atoms with E-state index in [1.807, 2.05) is 6.92 Å². The number of hydrogen-bond donors (Lipinski definition) is 1. The highest BCUT2D eigenvalue weighted by atomic mass is 16.4. The Bertz CT molecular complexity index is 458. The van der Waals surface area contributed by atoms with E-state index in [0.29, 0.717) is 19.5 Å². The summed E-state index contributed by atoms with van der Waals surface area (Å²) in [6.07, 6.45) is 4.00. The quantitative estimate of drug-likeness (QED) is 0.885. The Morgan fingerprint density at radius 1 is 1.42 bits per heavy atom. The third-order valence-corrected chi connectivity index (χ3v) is 3.60. The second-order valence-electron chi connectivity index (χ2n) is 5.28. The van der Waals surface area contributed by atoms with Crippen molar-refractivity contribution in [2.75, 3.05) is 13.1 Å². The van der Waals surface area contributed by atoms with Crippen molar-refractivity contribution in [2.24, 2.45) is 11.8 Å². The van der Waals surface area contributed by atoms with E-state index in [2.05, 4.69) is 5.10 Å². The summed E-state index contributed by atoms with van der Waals surface area (Å²) in [5.41, 5.74) is 0. The third-order valence-electron chi connectivity index (χ3n) is 3.60. The number of nitrogens with zero attached hydrogens (tertiary/aromatic N) is 3. The summed E-state index contributed by atoms with van der Waals surface area (Å²) in [6.45, 7) is 4.68. The zero-order valence-electron chi connectivity index (χ0n) is 11.2. The molecule has 0 saturated carbocycles. The van der Waals surface area contributed by atoms with E-state index in [1.165, 1.54) is 0 Å². The van der Waals surface area contributed by atoms with E-state index in [0.717, 1.165) is 0 Å². The van der Waals surface area contributed by atoms with Gasteiger partial charge in [-0.15, -0.1) is 0 Å². The Hall–Kier alpha value is -1.85. The van der Waals surface area contributed by atoms with Crippen LogP contribution in [0.1, 0.15) is 26.3 Å². The lowest BCUT2D eigenvalue weighted by atomic mass is 9.90. The molecule has 104 valence electrons. The first kappa shape index (κ1) is 13.6. The number of carboxylic acid groups (broad SMARTS) is 1. The monoisotopic (exact) mass is 265 g/mol. The molecule has 0 spiro atoms. The molecule has 1 aromatic rings. The van der Waals surface area contributed by atoms with Crippen molar-refractivity contribution in [1.29, 1.82) is 0 Å². The van der Waals surface area contributed by atoms with Gasteiger partial charge in [-0.25, -0.2) is 0 Å². The molecule has 1 amide bonds. The molecule has 6 heteroatoms. The molecule has 3 unspecified atom stereocenters. The summed E-state index contributed by atoms with van der Waals surface area (Å²) in [5.74, 6) is -1.14. The van der Waals surface area contributed by atoms with Gasteiger partial charge in [0.2, 0.25) is 5.91 Å². The fourth-order valence-electron chi connectivity index (χ4n) is 2.60. The van der Waals surface area contributed by atoms with Gasteiger partial charge in [-0.3, -0.25) is 14.3 Å². The van der Waals surface area contributed by atoms with Crippen LogP contribution in [-0.2, 0) is 9.59 Å². The zero-order valence-corrected chi connectivity index (χ0v) is 11.2. The Labute approximate surface area is 112 Å². The lowest BCUT2D eigenvalue weighted by Gasteiger charge is -2.36. The molecule has 1 fully saturated rings. The van der Waals surface area contributed by atoms with Gasteiger partial charge in [-0.05, 0) is 25.3 Å². The number of carboxylic acids is 1. The van der Waals surface area contributed by atoms with Gasteiger partial charge in [-0.1, -0.05) is 6.92 Å². The maximum absolute atomic E-state index is 12.4. The summed E-state index contributed by atoms with van der Waals surface area (Å²) in [7, 11) is 0. The molecule has 0 radical (unpaired) electrons. The number of carbonyl (C=O) groups excluding carboxylic acids is 1. The van der Waals surface area contributed by atoms with Crippen LogP contribution in [0.25, 0.3) is 0 Å². The topological polar surface area (TPSA) is 75.4 Å². The van der Waals surface area contributed by atoms with Gasteiger partial charge in [-0.2, -0.15) is 5.10 Å². The van der Waals surface area contributed by atoms with Crippen molar-refractivity contribution in [1.82, 2.24) is 14.7 Å². The van der Waals surface area contributed by atoms with Crippen LogP contribution in [0, 0.1) is 11.8 Å². The Kier molecular flexibility index (Phi) is 3.87. The van der Waals surface area contributed by atoms with Gasteiger partial charge in [0.05, 0.1) is 5.92 Å². The van der Waals surface area contributed by atoms with Crippen molar-refractivity contribution >= 4 is 11.9 Å². The summed E-state index contributed by atoms with van der Waals surface area (Å²) in [6, 6.07) is 1.37. The first-order chi connectivity index (χ1) is 8.99. The third kappa shape index (κ3) is 2.94. The SMILES string of the molecule is CC1CC(C(=O)O)CN(C(=O)C(C)n2cccn2)C1. The molecule has 1 aliphatic heterocycles.